The number of hydrogen-bond acceptors (Lipinski definition) is 4. The highest BCUT2D eigenvalue weighted by Crippen LogP contribution is 2.26. The Balaban J connectivity index is 1.43. The molecule has 1 atom stereocenters. The molecule has 2 aliphatic heterocycles. The lowest BCUT2D eigenvalue weighted by molar-refractivity contribution is -0.120. The largest absolute Gasteiger partial charge is 0.356 e. The summed E-state index contributed by atoms with van der Waals surface area (Å²) in [6, 6.07) is 10.6. The van der Waals surface area contributed by atoms with Gasteiger partial charge in [-0.3, -0.25) is 9.59 Å². The molecule has 0 spiro atoms. The third kappa shape index (κ3) is 5.05. The van der Waals surface area contributed by atoms with Crippen molar-refractivity contribution in [1.82, 2.24) is 14.2 Å². The van der Waals surface area contributed by atoms with E-state index >= 15 is 0 Å². The van der Waals surface area contributed by atoms with E-state index < -0.39 is 15.9 Å². The topological polar surface area (TPSA) is 103 Å². The second-order valence-corrected chi connectivity index (χ2v) is 10.5. The molecule has 4 rings (SSSR count). The van der Waals surface area contributed by atoms with Crippen LogP contribution in [0.4, 0.5) is 5.69 Å². The lowest BCUT2D eigenvalue weighted by Gasteiger charge is -2.30. The van der Waals surface area contributed by atoms with Crippen molar-refractivity contribution in [2.45, 2.75) is 43.4 Å². The number of aromatic nitrogens is 1. The number of anilines is 1. The summed E-state index contributed by atoms with van der Waals surface area (Å²) >= 11 is 0. The van der Waals surface area contributed by atoms with E-state index in [0.29, 0.717) is 43.9 Å². The number of H-pyrrole nitrogens is 1. The summed E-state index contributed by atoms with van der Waals surface area (Å²) in [5.74, 6) is -0.759. The standard InChI is InChI=1S/C23H30N4O4S/c28-22(25-19-10-4-3-5-11-19)18-9-8-14-27(17-18)32(30,31)20-15-21(24-16-20)23(29)26-12-6-1-2-7-13-26/h3-5,10-11,15-16,18,24H,1-2,6-9,12-14,17H2,(H,25,28)/t18-/m0/s1. The normalized spacial score (nSPS) is 20.5. The number of benzene rings is 1. The van der Waals surface area contributed by atoms with E-state index in [-0.39, 0.29) is 23.3 Å². The Hall–Kier alpha value is -2.65. The van der Waals surface area contributed by atoms with E-state index in [1.165, 1.54) is 16.6 Å². The number of nitrogens with one attached hydrogen (secondary N) is 2. The van der Waals surface area contributed by atoms with Gasteiger partial charge in [-0.15, -0.1) is 0 Å². The van der Waals surface area contributed by atoms with Crippen molar-refractivity contribution in [3.05, 3.63) is 48.3 Å². The number of likely N-dealkylation sites (tertiary alicyclic amines) is 1. The fourth-order valence-corrected chi connectivity index (χ4v) is 5.90. The number of rotatable bonds is 5. The smallest absolute Gasteiger partial charge is 0.270 e. The average Bonchev–Trinajstić information content (AvgIpc) is 3.16. The fraction of sp³-hybridized carbons (Fsp3) is 0.478. The first-order chi connectivity index (χ1) is 15.4. The van der Waals surface area contributed by atoms with Crippen molar-refractivity contribution in [1.29, 1.82) is 0 Å². The molecule has 1 aromatic carbocycles. The van der Waals surface area contributed by atoms with Gasteiger partial charge in [0, 0.05) is 38.1 Å². The Kier molecular flexibility index (Phi) is 6.95. The van der Waals surface area contributed by atoms with Gasteiger partial charge >= 0.3 is 0 Å². The first-order valence-electron chi connectivity index (χ1n) is 11.3. The zero-order chi connectivity index (χ0) is 22.6. The van der Waals surface area contributed by atoms with Gasteiger partial charge in [0.05, 0.1) is 5.92 Å². The second-order valence-electron chi connectivity index (χ2n) is 8.51. The maximum Gasteiger partial charge on any atom is 0.270 e. The highest BCUT2D eigenvalue weighted by atomic mass is 32.2. The molecule has 2 aliphatic rings. The van der Waals surface area contributed by atoms with E-state index in [0.717, 1.165) is 25.7 Å². The number of para-hydroxylation sites is 1. The van der Waals surface area contributed by atoms with Crippen LogP contribution in [0.2, 0.25) is 0 Å². The quantitative estimate of drug-likeness (QED) is 0.719. The summed E-state index contributed by atoms with van der Waals surface area (Å²) in [5, 5.41) is 2.87. The molecular weight excluding hydrogens is 428 g/mol. The first-order valence-corrected chi connectivity index (χ1v) is 12.7. The molecule has 2 aromatic rings. The predicted octanol–water partition coefficient (Wildman–Crippen LogP) is 3.07. The summed E-state index contributed by atoms with van der Waals surface area (Å²) in [5.41, 5.74) is 0.987. The molecule has 9 heteroatoms. The van der Waals surface area contributed by atoms with Gasteiger partial charge in [0.1, 0.15) is 10.6 Å². The van der Waals surface area contributed by atoms with Gasteiger partial charge in [0.15, 0.2) is 0 Å². The van der Waals surface area contributed by atoms with Crippen molar-refractivity contribution in [3.8, 4) is 0 Å². The minimum Gasteiger partial charge on any atom is -0.356 e. The molecule has 0 saturated carbocycles. The monoisotopic (exact) mass is 458 g/mol. The molecule has 0 radical (unpaired) electrons. The predicted molar refractivity (Wildman–Crippen MR) is 122 cm³/mol. The van der Waals surface area contributed by atoms with Gasteiger partial charge in [-0.05, 0) is 43.9 Å². The van der Waals surface area contributed by atoms with Crippen molar-refractivity contribution in [3.63, 3.8) is 0 Å². The SMILES string of the molecule is O=C(Nc1ccccc1)[C@H]1CCCN(S(=O)(=O)c2c[nH]c(C(=O)N3CCCCCC3)c2)C1. The summed E-state index contributed by atoms with van der Waals surface area (Å²) in [4.78, 5) is 30.2. The van der Waals surface area contributed by atoms with Crippen molar-refractivity contribution < 1.29 is 18.0 Å². The van der Waals surface area contributed by atoms with Crippen molar-refractivity contribution in [2.24, 2.45) is 5.92 Å². The van der Waals surface area contributed by atoms with Crippen LogP contribution in [0, 0.1) is 5.92 Å². The Labute approximate surface area is 189 Å². The summed E-state index contributed by atoms with van der Waals surface area (Å²) in [7, 11) is -3.80. The zero-order valence-electron chi connectivity index (χ0n) is 18.1. The van der Waals surface area contributed by atoms with E-state index in [9.17, 15) is 18.0 Å². The second kappa shape index (κ2) is 9.87. The van der Waals surface area contributed by atoms with Crippen molar-refractivity contribution in [2.75, 3.05) is 31.5 Å². The van der Waals surface area contributed by atoms with Crippen LogP contribution in [0.1, 0.15) is 49.0 Å². The molecule has 1 aromatic heterocycles. The third-order valence-corrected chi connectivity index (χ3v) is 8.06. The number of carbonyl (C=O) groups is 2. The van der Waals surface area contributed by atoms with Crippen LogP contribution < -0.4 is 5.32 Å². The number of carbonyl (C=O) groups excluding carboxylic acids is 2. The van der Waals surface area contributed by atoms with Crippen LogP contribution in [0.25, 0.3) is 0 Å². The molecule has 0 unspecified atom stereocenters. The van der Waals surface area contributed by atoms with Crippen LogP contribution in [0.3, 0.4) is 0 Å². The average molecular weight is 459 g/mol. The Morgan fingerprint density at radius 1 is 0.969 bits per heavy atom. The molecule has 32 heavy (non-hydrogen) atoms. The van der Waals surface area contributed by atoms with Gasteiger partial charge in [-0.25, -0.2) is 8.42 Å². The van der Waals surface area contributed by atoms with Gasteiger partial charge in [0.2, 0.25) is 15.9 Å². The summed E-state index contributed by atoms with van der Waals surface area (Å²) in [6.07, 6.45) is 6.79. The van der Waals surface area contributed by atoms with Crippen LogP contribution in [0.15, 0.2) is 47.5 Å². The van der Waals surface area contributed by atoms with Gasteiger partial charge < -0.3 is 15.2 Å². The highest BCUT2D eigenvalue weighted by molar-refractivity contribution is 7.89. The number of hydrogen-bond donors (Lipinski definition) is 2. The van der Waals surface area contributed by atoms with Crippen LogP contribution >= 0.6 is 0 Å². The minimum absolute atomic E-state index is 0.0692. The number of piperidine rings is 1. The van der Waals surface area contributed by atoms with E-state index in [1.807, 2.05) is 18.2 Å². The highest BCUT2D eigenvalue weighted by Gasteiger charge is 2.34. The van der Waals surface area contributed by atoms with Crippen LogP contribution in [-0.2, 0) is 14.8 Å². The molecule has 0 aliphatic carbocycles. The Morgan fingerprint density at radius 3 is 2.41 bits per heavy atom. The van der Waals surface area contributed by atoms with E-state index in [2.05, 4.69) is 10.3 Å². The van der Waals surface area contributed by atoms with Crippen molar-refractivity contribution >= 4 is 27.5 Å². The molecule has 172 valence electrons. The van der Waals surface area contributed by atoms with E-state index in [1.54, 1.807) is 17.0 Å². The molecule has 2 fully saturated rings. The summed E-state index contributed by atoms with van der Waals surface area (Å²) in [6.45, 7) is 1.88. The molecule has 8 nitrogen and oxygen atoms in total. The molecule has 2 N–H and O–H groups in total. The van der Waals surface area contributed by atoms with Crippen LogP contribution in [0.5, 0.6) is 0 Å². The minimum atomic E-state index is -3.80. The number of aromatic amines is 1. The molecule has 0 bridgehead atoms. The number of sulfonamides is 1. The van der Waals surface area contributed by atoms with Gasteiger partial charge in [-0.1, -0.05) is 31.0 Å². The third-order valence-electron chi connectivity index (χ3n) is 6.21. The maximum absolute atomic E-state index is 13.2. The molecule has 3 heterocycles. The number of nitrogens with zero attached hydrogens (tertiary/aromatic N) is 2. The van der Waals surface area contributed by atoms with E-state index in [4.69, 9.17) is 0 Å². The lowest BCUT2D eigenvalue weighted by Crippen LogP contribution is -2.43. The fourth-order valence-electron chi connectivity index (χ4n) is 4.38. The molecule has 2 amide bonds. The first kappa shape index (κ1) is 22.5. The zero-order valence-corrected chi connectivity index (χ0v) is 18.9. The molecular formula is C23H30N4O4S. The lowest BCUT2D eigenvalue weighted by atomic mass is 9.99. The Morgan fingerprint density at radius 2 is 1.69 bits per heavy atom. The van der Waals surface area contributed by atoms with Gasteiger partial charge in [-0.2, -0.15) is 4.31 Å². The number of amides is 2. The summed E-state index contributed by atoms with van der Waals surface area (Å²) < 4.78 is 27.8. The molecule has 2 saturated heterocycles. The van der Waals surface area contributed by atoms with Gasteiger partial charge in [0.25, 0.3) is 5.91 Å². The van der Waals surface area contributed by atoms with Crippen LogP contribution in [-0.4, -0.2) is 60.6 Å². The maximum atomic E-state index is 13.2. The Bertz CT molecular complexity index is 1040.